The van der Waals surface area contributed by atoms with Gasteiger partial charge in [0.25, 0.3) is 0 Å². The summed E-state index contributed by atoms with van der Waals surface area (Å²) in [6.07, 6.45) is 0. The third-order valence-corrected chi connectivity index (χ3v) is 5.13. The van der Waals surface area contributed by atoms with Gasteiger partial charge in [-0.05, 0) is 55.3 Å². The SMILES string of the molecule is COc1ccc(S(=O)(=O)NCC(=O)Nc2cc(C)ccc2OC)cc1C. The van der Waals surface area contributed by atoms with Crippen molar-refractivity contribution in [2.45, 2.75) is 18.7 Å². The molecule has 2 aromatic carbocycles. The molecule has 26 heavy (non-hydrogen) atoms. The van der Waals surface area contributed by atoms with E-state index in [1.54, 1.807) is 25.1 Å². The van der Waals surface area contributed by atoms with Gasteiger partial charge in [-0.15, -0.1) is 0 Å². The monoisotopic (exact) mass is 378 g/mol. The number of aryl methyl sites for hydroxylation is 2. The van der Waals surface area contributed by atoms with Gasteiger partial charge >= 0.3 is 0 Å². The Labute approximate surface area is 153 Å². The standard InChI is InChI=1S/C18H22N2O5S/c1-12-5-7-17(25-4)15(9-12)20-18(21)11-19-26(22,23)14-6-8-16(24-3)13(2)10-14/h5-10,19H,11H2,1-4H3,(H,20,21). The highest BCUT2D eigenvalue weighted by Crippen LogP contribution is 2.25. The highest BCUT2D eigenvalue weighted by atomic mass is 32.2. The minimum Gasteiger partial charge on any atom is -0.496 e. The summed E-state index contributed by atoms with van der Waals surface area (Å²) >= 11 is 0. The van der Waals surface area contributed by atoms with E-state index in [0.717, 1.165) is 5.56 Å². The van der Waals surface area contributed by atoms with Crippen molar-refractivity contribution in [1.29, 1.82) is 0 Å². The zero-order valence-corrected chi connectivity index (χ0v) is 15.9. The molecule has 0 unspecified atom stereocenters. The predicted molar refractivity (Wildman–Crippen MR) is 99.3 cm³/mol. The van der Waals surface area contributed by atoms with Crippen LogP contribution in [-0.2, 0) is 14.8 Å². The number of hydrogen-bond acceptors (Lipinski definition) is 5. The van der Waals surface area contributed by atoms with Crippen LogP contribution in [0, 0.1) is 13.8 Å². The first-order chi connectivity index (χ1) is 12.3. The Kier molecular flexibility index (Phi) is 6.23. The van der Waals surface area contributed by atoms with Crippen LogP contribution in [0.3, 0.4) is 0 Å². The first kappa shape index (κ1) is 19.7. The molecule has 0 aromatic heterocycles. The quantitative estimate of drug-likeness (QED) is 0.771. The van der Waals surface area contributed by atoms with Crippen LogP contribution in [0.15, 0.2) is 41.3 Å². The second-order valence-electron chi connectivity index (χ2n) is 5.71. The molecule has 2 aromatic rings. The molecule has 2 rings (SSSR count). The van der Waals surface area contributed by atoms with Crippen molar-refractivity contribution >= 4 is 21.6 Å². The summed E-state index contributed by atoms with van der Waals surface area (Å²) in [4.78, 5) is 12.2. The molecular formula is C18H22N2O5S. The highest BCUT2D eigenvalue weighted by Gasteiger charge is 2.17. The van der Waals surface area contributed by atoms with E-state index in [1.807, 2.05) is 13.0 Å². The molecule has 0 heterocycles. The summed E-state index contributed by atoms with van der Waals surface area (Å²) in [6, 6.07) is 9.82. The smallest absolute Gasteiger partial charge is 0.241 e. The van der Waals surface area contributed by atoms with Crippen molar-refractivity contribution in [3.63, 3.8) is 0 Å². The van der Waals surface area contributed by atoms with E-state index >= 15 is 0 Å². The van der Waals surface area contributed by atoms with Gasteiger partial charge in [0.2, 0.25) is 15.9 Å². The van der Waals surface area contributed by atoms with Crippen LogP contribution in [-0.4, -0.2) is 35.1 Å². The lowest BCUT2D eigenvalue weighted by atomic mass is 10.2. The molecule has 2 N–H and O–H groups in total. The van der Waals surface area contributed by atoms with Crippen LogP contribution in [0.25, 0.3) is 0 Å². The van der Waals surface area contributed by atoms with Gasteiger partial charge in [-0.1, -0.05) is 6.07 Å². The second-order valence-corrected chi connectivity index (χ2v) is 7.47. The van der Waals surface area contributed by atoms with Gasteiger partial charge in [-0.2, -0.15) is 0 Å². The normalized spacial score (nSPS) is 11.1. The van der Waals surface area contributed by atoms with Gasteiger partial charge in [-0.25, -0.2) is 13.1 Å². The van der Waals surface area contributed by atoms with Crippen molar-refractivity contribution in [2.75, 3.05) is 26.1 Å². The molecule has 0 atom stereocenters. The van der Waals surface area contributed by atoms with Crippen LogP contribution in [0.4, 0.5) is 5.69 Å². The fourth-order valence-corrected chi connectivity index (χ4v) is 3.44. The fourth-order valence-electron chi connectivity index (χ4n) is 2.38. The van der Waals surface area contributed by atoms with Crippen molar-refractivity contribution < 1.29 is 22.7 Å². The molecule has 0 saturated heterocycles. The van der Waals surface area contributed by atoms with E-state index in [1.165, 1.54) is 26.4 Å². The lowest BCUT2D eigenvalue weighted by molar-refractivity contribution is -0.115. The molecule has 1 amide bonds. The van der Waals surface area contributed by atoms with Crippen molar-refractivity contribution in [2.24, 2.45) is 0 Å². The molecule has 0 aliphatic rings. The Hall–Kier alpha value is -2.58. The van der Waals surface area contributed by atoms with Crippen LogP contribution in [0.5, 0.6) is 11.5 Å². The second kappa shape index (κ2) is 8.20. The maximum Gasteiger partial charge on any atom is 0.241 e. The number of ether oxygens (including phenoxy) is 2. The number of sulfonamides is 1. The Morgan fingerprint density at radius 3 is 2.27 bits per heavy atom. The molecule has 0 radical (unpaired) electrons. The Morgan fingerprint density at radius 1 is 1.00 bits per heavy atom. The fraction of sp³-hybridized carbons (Fsp3) is 0.278. The lowest BCUT2D eigenvalue weighted by Gasteiger charge is -2.12. The van der Waals surface area contributed by atoms with Gasteiger partial charge < -0.3 is 14.8 Å². The van der Waals surface area contributed by atoms with E-state index in [4.69, 9.17) is 9.47 Å². The Morgan fingerprint density at radius 2 is 1.65 bits per heavy atom. The number of amides is 1. The van der Waals surface area contributed by atoms with E-state index in [9.17, 15) is 13.2 Å². The largest absolute Gasteiger partial charge is 0.496 e. The summed E-state index contributed by atoms with van der Waals surface area (Å²) in [7, 11) is -0.809. The van der Waals surface area contributed by atoms with E-state index in [2.05, 4.69) is 10.0 Å². The van der Waals surface area contributed by atoms with Gasteiger partial charge in [0.1, 0.15) is 11.5 Å². The van der Waals surface area contributed by atoms with Gasteiger partial charge in [-0.3, -0.25) is 4.79 Å². The number of benzene rings is 2. The molecule has 0 saturated carbocycles. The third-order valence-electron chi connectivity index (χ3n) is 3.73. The first-order valence-corrected chi connectivity index (χ1v) is 9.34. The van der Waals surface area contributed by atoms with E-state index in [0.29, 0.717) is 22.7 Å². The van der Waals surface area contributed by atoms with Gasteiger partial charge in [0, 0.05) is 0 Å². The van der Waals surface area contributed by atoms with E-state index in [-0.39, 0.29) is 4.90 Å². The van der Waals surface area contributed by atoms with Crippen LogP contribution in [0.1, 0.15) is 11.1 Å². The molecule has 7 nitrogen and oxygen atoms in total. The molecule has 0 fully saturated rings. The molecule has 0 aliphatic heterocycles. The van der Waals surface area contributed by atoms with Crippen molar-refractivity contribution in [3.05, 3.63) is 47.5 Å². The number of nitrogens with one attached hydrogen (secondary N) is 2. The molecule has 0 spiro atoms. The molecule has 140 valence electrons. The number of rotatable bonds is 7. The zero-order valence-electron chi connectivity index (χ0n) is 15.1. The first-order valence-electron chi connectivity index (χ1n) is 7.85. The average Bonchev–Trinajstić information content (AvgIpc) is 2.60. The maximum absolute atomic E-state index is 12.4. The summed E-state index contributed by atoms with van der Waals surface area (Å²) in [6.45, 7) is 3.23. The number of hydrogen-bond donors (Lipinski definition) is 2. The van der Waals surface area contributed by atoms with Crippen molar-refractivity contribution in [3.8, 4) is 11.5 Å². The van der Waals surface area contributed by atoms with E-state index < -0.39 is 22.5 Å². The van der Waals surface area contributed by atoms with Gasteiger partial charge in [0.05, 0.1) is 31.3 Å². The highest BCUT2D eigenvalue weighted by molar-refractivity contribution is 7.89. The van der Waals surface area contributed by atoms with Crippen LogP contribution >= 0.6 is 0 Å². The maximum atomic E-state index is 12.4. The van der Waals surface area contributed by atoms with Crippen molar-refractivity contribution in [1.82, 2.24) is 4.72 Å². The number of methoxy groups -OCH3 is 2. The van der Waals surface area contributed by atoms with Crippen LogP contribution < -0.4 is 19.5 Å². The predicted octanol–water partition coefficient (Wildman–Crippen LogP) is 2.24. The summed E-state index contributed by atoms with van der Waals surface area (Å²) in [5.74, 6) is 0.591. The average molecular weight is 378 g/mol. The minimum atomic E-state index is -3.82. The zero-order chi connectivity index (χ0) is 19.3. The third kappa shape index (κ3) is 4.74. The molecule has 8 heteroatoms. The number of anilines is 1. The lowest BCUT2D eigenvalue weighted by Crippen LogP contribution is -2.33. The summed E-state index contributed by atoms with van der Waals surface area (Å²) in [5.41, 5.74) is 2.11. The minimum absolute atomic E-state index is 0.0664. The van der Waals surface area contributed by atoms with Gasteiger partial charge in [0.15, 0.2) is 0 Å². The Balaban J connectivity index is 2.06. The Bertz CT molecular complexity index is 910. The number of carbonyl (C=O) groups excluding carboxylic acids is 1. The summed E-state index contributed by atoms with van der Waals surface area (Å²) in [5, 5.41) is 2.65. The molecular weight excluding hydrogens is 356 g/mol. The topological polar surface area (TPSA) is 93.7 Å². The molecule has 0 bridgehead atoms. The number of carbonyl (C=O) groups is 1. The molecule has 0 aliphatic carbocycles. The van der Waals surface area contributed by atoms with Crippen LogP contribution in [0.2, 0.25) is 0 Å². The summed E-state index contributed by atoms with van der Waals surface area (Å²) < 4.78 is 37.3.